The average molecular weight is 276 g/mol. The first kappa shape index (κ1) is 15.9. The summed E-state index contributed by atoms with van der Waals surface area (Å²) in [7, 11) is -3.12. The summed E-state index contributed by atoms with van der Waals surface area (Å²) in [6.45, 7) is 5.10. The number of hydrogen-bond acceptors (Lipinski definition) is 3. The fraction of sp³-hybridized carbons (Fsp3) is 1.00. The van der Waals surface area contributed by atoms with Crippen LogP contribution in [-0.2, 0) is 10.0 Å². The van der Waals surface area contributed by atoms with E-state index in [4.69, 9.17) is 0 Å². The van der Waals surface area contributed by atoms with Crippen molar-refractivity contribution in [3.05, 3.63) is 0 Å². The molecule has 0 amide bonds. The van der Waals surface area contributed by atoms with Crippen molar-refractivity contribution < 1.29 is 8.42 Å². The molecule has 0 radical (unpaired) electrons. The highest BCUT2D eigenvalue weighted by atomic mass is 32.2. The van der Waals surface area contributed by atoms with Crippen molar-refractivity contribution in [3.63, 3.8) is 0 Å². The monoisotopic (exact) mass is 276 g/mol. The van der Waals surface area contributed by atoms with Crippen molar-refractivity contribution >= 4 is 10.0 Å². The summed E-state index contributed by atoms with van der Waals surface area (Å²) in [6, 6.07) is 0.211. The Kier molecular flexibility index (Phi) is 7.19. The molecule has 2 N–H and O–H groups in total. The van der Waals surface area contributed by atoms with Gasteiger partial charge in [-0.3, -0.25) is 0 Å². The number of sulfonamides is 1. The summed E-state index contributed by atoms with van der Waals surface area (Å²) < 4.78 is 26.7. The molecule has 1 heterocycles. The number of rotatable bonds is 9. The Labute approximate surface area is 112 Å². The van der Waals surface area contributed by atoms with Crippen LogP contribution in [0.2, 0.25) is 0 Å². The predicted octanol–water partition coefficient (Wildman–Crippen LogP) is 2.02. The molecule has 0 aromatic carbocycles. The Balaban J connectivity index is 2.21. The van der Waals surface area contributed by atoms with Gasteiger partial charge < -0.3 is 5.32 Å². The normalized spacial score (nSPS) is 22.2. The molecule has 0 aromatic rings. The molecule has 2 unspecified atom stereocenters. The Morgan fingerprint density at radius 1 is 1.33 bits per heavy atom. The highest BCUT2D eigenvalue weighted by Crippen LogP contribution is 2.09. The van der Waals surface area contributed by atoms with E-state index in [1.54, 1.807) is 0 Å². The van der Waals surface area contributed by atoms with Gasteiger partial charge in [0.2, 0.25) is 10.0 Å². The first-order valence-corrected chi connectivity index (χ1v) is 8.92. The van der Waals surface area contributed by atoms with Gasteiger partial charge in [-0.1, -0.05) is 32.6 Å². The molecule has 0 bridgehead atoms. The molecule has 108 valence electrons. The second-order valence-corrected chi connectivity index (χ2v) is 7.24. The average Bonchev–Trinajstić information content (AvgIpc) is 2.75. The summed E-state index contributed by atoms with van der Waals surface area (Å²) >= 11 is 0. The van der Waals surface area contributed by atoms with Crippen LogP contribution in [0.5, 0.6) is 0 Å². The largest absolute Gasteiger partial charge is 0.313 e. The topological polar surface area (TPSA) is 58.2 Å². The molecule has 1 rings (SSSR count). The SMILES string of the molecule is CCCCCCC(C)NS(=O)(=O)CC1CCCN1. The third-order valence-corrected chi connectivity index (χ3v) is 5.06. The van der Waals surface area contributed by atoms with Crippen molar-refractivity contribution in [3.8, 4) is 0 Å². The second-order valence-electron chi connectivity index (χ2n) is 5.44. The van der Waals surface area contributed by atoms with Gasteiger partial charge in [0.15, 0.2) is 0 Å². The van der Waals surface area contributed by atoms with Crippen molar-refractivity contribution in [2.45, 2.75) is 70.9 Å². The maximum absolute atomic E-state index is 11.9. The number of unbranched alkanes of at least 4 members (excludes halogenated alkanes) is 3. The van der Waals surface area contributed by atoms with E-state index in [2.05, 4.69) is 17.0 Å². The standard InChI is InChI=1S/C13H28N2O2S/c1-3-4-5-6-8-12(2)15-18(16,17)11-13-9-7-10-14-13/h12-15H,3-11H2,1-2H3. The highest BCUT2D eigenvalue weighted by Gasteiger charge is 2.22. The maximum Gasteiger partial charge on any atom is 0.213 e. The molecule has 2 atom stereocenters. The summed E-state index contributed by atoms with van der Waals surface area (Å²) in [5.41, 5.74) is 0. The van der Waals surface area contributed by atoms with Gasteiger partial charge in [-0.25, -0.2) is 13.1 Å². The smallest absolute Gasteiger partial charge is 0.213 e. The fourth-order valence-electron chi connectivity index (χ4n) is 2.45. The van der Waals surface area contributed by atoms with Crippen molar-refractivity contribution in [2.24, 2.45) is 0 Å². The zero-order chi connectivity index (χ0) is 13.4. The summed E-state index contributed by atoms with van der Waals surface area (Å²) in [5, 5.41) is 3.23. The fourth-order valence-corrected chi connectivity index (χ4v) is 4.10. The van der Waals surface area contributed by atoms with Gasteiger partial charge >= 0.3 is 0 Å². The molecule has 1 saturated heterocycles. The summed E-state index contributed by atoms with van der Waals surface area (Å²) in [6.07, 6.45) is 7.78. The lowest BCUT2D eigenvalue weighted by atomic mass is 10.1. The lowest BCUT2D eigenvalue weighted by Crippen LogP contribution is -2.40. The Morgan fingerprint density at radius 3 is 2.72 bits per heavy atom. The van der Waals surface area contributed by atoms with Crippen LogP contribution >= 0.6 is 0 Å². The highest BCUT2D eigenvalue weighted by molar-refractivity contribution is 7.89. The number of nitrogens with one attached hydrogen (secondary N) is 2. The van der Waals surface area contributed by atoms with Crippen LogP contribution in [-0.4, -0.2) is 32.8 Å². The minimum absolute atomic E-state index is 0.0632. The quantitative estimate of drug-likeness (QED) is 0.633. The third kappa shape index (κ3) is 6.71. The van der Waals surface area contributed by atoms with Crippen LogP contribution in [0.1, 0.15) is 58.8 Å². The second kappa shape index (κ2) is 8.12. The van der Waals surface area contributed by atoms with Gasteiger partial charge in [0.25, 0.3) is 0 Å². The van der Waals surface area contributed by atoms with Gasteiger partial charge in [-0.2, -0.15) is 0 Å². The van der Waals surface area contributed by atoms with E-state index in [9.17, 15) is 8.42 Å². The van der Waals surface area contributed by atoms with Gasteiger partial charge in [-0.05, 0) is 32.7 Å². The molecule has 18 heavy (non-hydrogen) atoms. The summed E-state index contributed by atoms with van der Waals surface area (Å²) in [5.74, 6) is 0.228. The van der Waals surface area contributed by atoms with Crippen LogP contribution in [0.4, 0.5) is 0 Å². The molecule has 1 fully saturated rings. The maximum atomic E-state index is 11.9. The Morgan fingerprint density at radius 2 is 2.11 bits per heavy atom. The van der Waals surface area contributed by atoms with E-state index in [1.807, 2.05) is 6.92 Å². The van der Waals surface area contributed by atoms with Crippen LogP contribution < -0.4 is 10.0 Å². The zero-order valence-corrected chi connectivity index (χ0v) is 12.6. The van der Waals surface area contributed by atoms with E-state index < -0.39 is 10.0 Å². The third-order valence-electron chi connectivity index (χ3n) is 3.45. The van der Waals surface area contributed by atoms with Crippen molar-refractivity contribution in [2.75, 3.05) is 12.3 Å². The molecule has 0 saturated carbocycles. The van der Waals surface area contributed by atoms with Crippen LogP contribution in [0, 0.1) is 0 Å². The summed E-state index contributed by atoms with van der Waals surface area (Å²) in [4.78, 5) is 0. The van der Waals surface area contributed by atoms with E-state index in [0.717, 1.165) is 32.2 Å². The van der Waals surface area contributed by atoms with Gasteiger partial charge in [-0.15, -0.1) is 0 Å². The molecular weight excluding hydrogens is 248 g/mol. The molecule has 0 spiro atoms. The van der Waals surface area contributed by atoms with Gasteiger partial charge in [0.1, 0.15) is 0 Å². The molecule has 4 nitrogen and oxygen atoms in total. The molecular formula is C13H28N2O2S. The van der Waals surface area contributed by atoms with Gasteiger partial charge in [0, 0.05) is 12.1 Å². The zero-order valence-electron chi connectivity index (χ0n) is 11.7. The van der Waals surface area contributed by atoms with Crippen LogP contribution in [0.3, 0.4) is 0 Å². The molecule has 0 aliphatic carbocycles. The first-order chi connectivity index (χ1) is 8.53. The molecule has 5 heteroatoms. The van der Waals surface area contributed by atoms with E-state index in [-0.39, 0.29) is 17.8 Å². The van der Waals surface area contributed by atoms with Crippen LogP contribution in [0.15, 0.2) is 0 Å². The molecule has 1 aliphatic rings. The first-order valence-electron chi connectivity index (χ1n) is 7.27. The lowest BCUT2D eigenvalue weighted by Gasteiger charge is -2.16. The van der Waals surface area contributed by atoms with E-state index in [0.29, 0.717) is 0 Å². The lowest BCUT2D eigenvalue weighted by molar-refractivity contribution is 0.515. The Bertz CT molecular complexity index is 311. The van der Waals surface area contributed by atoms with Gasteiger partial charge in [0.05, 0.1) is 5.75 Å². The van der Waals surface area contributed by atoms with E-state index in [1.165, 1.54) is 19.3 Å². The van der Waals surface area contributed by atoms with Crippen LogP contribution in [0.25, 0.3) is 0 Å². The van der Waals surface area contributed by atoms with Crippen molar-refractivity contribution in [1.29, 1.82) is 0 Å². The predicted molar refractivity (Wildman–Crippen MR) is 76.2 cm³/mol. The molecule has 0 aromatic heterocycles. The Hall–Kier alpha value is -0.130. The minimum atomic E-state index is -3.12. The minimum Gasteiger partial charge on any atom is -0.313 e. The van der Waals surface area contributed by atoms with E-state index >= 15 is 0 Å². The van der Waals surface area contributed by atoms with Crippen molar-refractivity contribution in [1.82, 2.24) is 10.0 Å². The molecule has 1 aliphatic heterocycles. The number of hydrogen-bond donors (Lipinski definition) is 2.